The van der Waals surface area contributed by atoms with Crippen LogP contribution in [0.2, 0.25) is 0 Å². The average molecular weight is 281 g/mol. The first-order valence-electron chi connectivity index (χ1n) is 5.05. The molecular formula is C11H13BrN4. The molecule has 0 aliphatic carbocycles. The molecule has 0 saturated heterocycles. The minimum atomic E-state index is 0.334. The molecule has 0 saturated carbocycles. The van der Waals surface area contributed by atoms with Crippen molar-refractivity contribution < 1.29 is 0 Å². The Labute approximate surface area is 102 Å². The normalized spacial score (nSPS) is 11.0. The van der Waals surface area contributed by atoms with E-state index in [2.05, 4.69) is 45.0 Å². The molecular weight excluding hydrogens is 268 g/mol. The summed E-state index contributed by atoms with van der Waals surface area (Å²) in [5, 5.41) is 7.12. The molecule has 0 amide bonds. The van der Waals surface area contributed by atoms with E-state index < -0.39 is 0 Å². The van der Waals surface area contributed by atoms with E-state index in [9.17, 15) is 0 Å². The molecule has 2 rings (SSSR count). The minimum Gasteiger partial charge on any atom is -0.399 e. The lowest BCUT2D eigenvalue weighted by atomic mass is 10.2. The smallest absolute Gasteiger partial charge is 0.182 e. The molecule has 1 heterocycles. The van der Waals surface area contributed by atoms with E-state index in [0.717, 1.165) is 15.9 Å². The van der Waals surface area contributed by atoms with Gasteiger partial charge in [-0.2, -0.15) is 5.10 Å². The minimum absolute atomic E-state index is 0.334. The van der Waals surface area contributed by atoms with Crippen LogP contribution in [0.4, 0.5) is 5.69 Å². The Morgan fingerprint density at radius 1 is 1.38 bits per heavy atom. The highest BCUT2D eigenvalue weighted by Gasteiger charge is 2.11. The number of nitrogens with one attached hydrogen (secondary N) is 1. The standard InChI is InChI=1S/C11H13BrN4/c1-6(2)10-14-11(16-15-10)8-5-7(13)3-4-9(8)12/h3-6H,13H2,1-2H3,(H,14,15,16). The van der Waals surface area contributed by atoms with Gasteiger partial charge in [0.25, 0.3) is 0 Å². The van der Waals surface area contributed by atoms with Crippen LogP contribution in [-0.2, 0) is 0 Å². The summed E-state index contributed by atoms with van der Waals surface area (Å²) >= 11 is 3.46. The largest absolute Gasteiger partial charge is 0.399 e. The lowest BCUT2D eigenvalue weighted by molar-refractivity contribution is 0.781. The molecule has 1 aromatic carbocycles. The Balaban J connectivity index is 2.46. The van der Waals surface area contributed by atoms with Crippen LogP contribution in [0.3, 0.4) is 0 Å². The number of benzene rings is 1. The summed E-state index contributed by atoms with van der Waals surface area (Å²) < 4.78 is 0.941. The van der Waals surface area contributed by atoms with Crippen LogP contribution in [0.5, 0.6) is 0 Å². The van der Waals surface area contributed by atoms with Gasteiger partial charge in [-0.1, -0.05) is 29.8 Å². The molecule has 0 unspecified atom stereocenters. The van der Waals surface area contributed by atoms with Crippen LogP contribution >= 0.6 is 15.9 Å². The average Bonchev–Trinajstić information content (AvgIpc) is 2.70. The summed E-state index contributed by atoms with van der Waals surface area (Å²) in [6.45, 7) is 4.14. The van der Waals surface area contributed by atoms with Gasteiger partial charge >= 0.3 is 0 Å². The van der Waals surface area contributed by atoms with Crippen LogP contribution in [-0.4, -0.2) is 15.2 Å². The molecule has 0 aliphatic rings. The summed E-state index contributed by atoms with van der Waals surface area (Å²) in [6.07, 6.45) is 0. The van der Waals surface area contributed by atoms with Crippen molar-refractivity contribution in [2.24, 2.45) is 0 Å². The molecule has 16 heavy (non-hydrogen) atoms. The summed E-state index contributed by atoms with van der Waals surface area (Å²) in [5.41, 5.74) is 7.35. The fraction of sp³-hybridized carbons (Fsp3) is 0.273. The predicted octanol–water partition coefficient (Wildman–Crippen LogP) is 2.94. The molecule has 0 aliphatic heterocycles. The second-order valence-corrected chi connectivity index (χ2v) is 4.79. The number of H-pyrrole nitrogens is 1. The zero-order chi connectivity index (χ0) is 11.7. The molecule has 0 bridgehead atoms. The Bertz CT molecular complexity index is 504. The van der Waals surface area contributed by atoms with Crippen molar-refractivity contribution in [3.8, 4) is 11.4 Å². The third-order valence-electron chi connectivity index (χ3n) is 2.28. The number of hydrogen-bond acceptors (Lipinski definition) is 3. The van der Waals surface area contributed by atoms with Crippen molar-refractivity contribution in [3.05, 3.63) is 28.5 Å². The lowest BCUT2D eigenvalue weighted by Gasteiger charge is -2.01. The van der Waals surface area contributed by atoms with Crippen molar-refractivity contribution in [1.29, 1.82) is 0 Å². The lowest BCUT2D eigenvalue weighted by Crippen LogP contribution is -1.90. The molecule has 4 nitrogen and oxygen atoms in total. The van der Waals surface area contributed by atoms with Crippen molar-refractivity contribution in [3.63, 3.8) is 0 Å². The van der Waals surface area contributed by atoms with Gasteiger partial charge in [0.15, 0.2) is 5.82 Å². The maximum Gasteiger partial charge on any atom is 0.182 e. The number of rotatable bonds is 2. The summed E-state index contributed by atoms with van der Waals surface area (Å²) in [6, 6.07) is 5.59. The van der Waals surface area contributed by atoms with Gasteiger partial charge in [0.2, 0.25) is 0 Å². The van der Waals surface area contributed by atoms with Crippen molar-refractivity contribution in [2.45, 2.75) is 19.8 Å². The van der Waals surface area contributed by atoms with E-state index in [1.165, 1.54) is 0 Å². The Morgan fingerprint density at radius 3 is 2.75 bits per heavy atom. The quantitative estimate of drug-likeness (QED) is 0.831. The third-order valence-corrected chi connectivity index (χ3v) is 2.97. The van der Waals surface area contributed by atoms with Gasteiger partial charge in [0, 0.05) is 21.6 Å². The highest BCUT2D eigenvalue weighted by molar-refractivity contribution is 9.10. The van der Waals surface area contributed by atoms with Crippen molar-refractivity contribution >= 4 is 21.6 Å². The predicted molar refractivity (Wildman–Crippen MR) is 68.0 cm³/mol. The molecule has 0 fully saturated rings. The highest BCUT2D eigenvalue weighted by atomic mass is 79.9. The fourth-order valence-electron chi connectivity index (χ4n) is 1.37. The molecule has 3 N–H and O–H groups in total. The molecule has 0 radical (unpaired) electrons. The van der Waals surface area contributed by atoms with Crippen LogP contribution in [0.15, 0.2) is 22.7 Å². The number of aromatic amines is 1. The van der Waals surface area contributed by atoms with Gasteiger partial charge in [-0.15, -0.1) is 0 Å². The third kappa shape index (κ3) is 2.09. The monoisotopic (exact) mass is 280 g/mol. The molecule has 1 aromatic heterocycles. The first-order valence-corrected chi connectivity index (χ1v) is 5.85. The molecule has 0 atom stereocenters. The second kappa shape index (κ2) is 4.25. The summed E-state index contributed by atoms with van der Waals surface area (Å²) in [4.78, 5) is 4.43. The maximum absolute atomic E-state index is 5.74. The molecule has 5 heteroatoms. The fourth-order valence-corrected chi connectivity index (χ4v) is 1.79. The van der Waals surface area contributed by atoms with Crippen LogP contribution in [0, 0.1) is 0 Å². The van der Waals surface area contributed by atoms with E-state index >= 15 is 0 Å². The van der Waals surface area contributed by atoms with Crippen LogP contribution in [0.25, 0.3) is 11.4 Å². The van der Waals surface area contributed by atoms with E-state index in [1.807, 2.05) is 18.2 Å². The van der Waals surface area contributed by atoms with Crippen LogP contribution in [0.1, 0.15) is 25.6 Å². The molecule has 0 spiro atoms. The van der Waals surface area contributed by atoms with Gasteiger partial charge < -0.3 is 5.73 Å². The molecule has 84 valence electrons. The Hall–Kier alpha value is -1.36. The second-order valence-electron chi connectivity index (χ2n) is 3.94. The SMILES string of the molecule is CC(C)c1nc(-c2cc(N)ccc2Br)n[nH]1. The van der Waals surface area contributed by atoms with Crippen molar-refractivity contribution in [2.75, 3.05) is 5.73 Å². The van der Waals surface area contributed by atoms with Gasteiger partial charge in [0.05, 0.1) is 0 Å². The number of aromatic nitrogens is 3. The van der Waals surface area contributed by atoms with Gasteiger partial charge in [-0.3, -0.25) is 5.10 Å². The summed E-state index contributed by atoms with van der Waals surface area (Å²) in [7, 11) is 0. The van der Waals surface area contributed by atoms with Crippen molar-refractivity contribution in [1.82, 2.24) is 15.2 Å². The Morgan fingerprint density at radius 2 is 2.12 bits per heavy atom. The molecule has 2 aromatic rings. The van der Waals surface area contributed by atoms with E-state index in [4.69, 9.17) is 5.73 Å². The summed E-state index contributed by atoms with van der Waals surface area (Å²) in [5.74, 6) is 1.88. The number of hydrogen-bond donors (Lipinski definition) is 2. The number of halogens is 1. The number of anilines is 1. The number of nitrogens with zero attached hydrogens (tertiary/aromatic N) is 2. The van der Waals surface area contributed by atoms with E-state index in [1.54, 1.807) is 0 Å². The van der Waals surface area contributed by atoms with Crippen LogP contribution < -0.4 is 5.73 Å². The topological polar surface area (TPSA) is 67.6 Å². The zero-order valence-corrected chi connectivity index (χ0v) is 10.7. The number of nitrogen functional groups attached to an aromatic ring is 1. The van der Waals surface area contributed by atoms with Gasteiger partial charge in [0.1, 0.15) is 5.82 Å². The highest BCUT2D eigenvalue weighted by Crippen LogP contribution is 2.28. The Kier molecular flexibility index (Phi) is 2.96. The maximum atomic E-state index is 5.74. The number of nitrogens with two attached hydrogens (primary N) is 1. The first-order chi connectivity index (χ1) is 7.58. The van der Waals surface area contributed by atoms with E-state index in [0.29, 0.717) is 17.4 Å². The van der Waals surface area contributed by atoms with Gasteiger partial charge in [-0.05, 0) is 18.2 Å². The zero-order valence-electron chi connectivity index (χ0n) is 9.16. The van der Waals surface area contributed by atoms with Gasteiger partial charge in [-0.25, -0.2) is 4.98 Å². The van der Waals surface area contributed by atoms with E-state index in [-0.39, 0.29) is 0 Å². The first kappa shape index (κ1) is 11.1.